The molecule has 2 heterocycles. The van der Waals surface area contributed by atoms with E-state index in [9.17, 15) is 0 Å². The molecule has 0 aromatic heterocycles. The molecule has 1 atom stereocenters. The van der Waals surface area contributed by atoms with Gasteiger partial charge in [-0.05, 0) is 31.2 Å². The van der Waals surface area contributed by atoms with Gasteiger partial charge in [-0.1, -0.05) is 30.3 Å². The van der Waals surface area contributed by atoms with Gasteiger partial charge in [0.1, 0.15) is 11.4 Å². The van der Waals surface area contributed by atoms with Crippen LogP contribution in [0, 0.1) is 0 Å². The maximum atomic E-state index is 4.53. The van der Waals surface area contributed by atoms with Crippen molar-refractivity contribution in [3.63, 3.8) is 0 Å². The smallest absolute Gasteiger partial charge is 0.149 e. The van der Waals surface area contributed by atoms with Crippen LogP contribution < -0.4 is 10.2 Å². The average molecular weight is 335 g/mol. The second kappa shape index (κ2) is 6.84. The molecular weight excluding hydrogens is 310 g/mol. The Hall–Kier alpha value is -2.40. The van der Waals surface area contributed by atoms with Crippen LogP contribution >= 0.6 is 0 Å². The molecule has 5 heteroatoms. The highest BCUT2D eigenvalue weighted by Crippen LogP contribution is 2.34. The summed E-state index contributed by atoms with van der Waals surface area (Å²) in [4.78, 5) is 5.00. The maximum absolute atomic E-state index is 4.53. The Morgan fingerprint density at radius 2 is 1.68 bits per heavy atom. The van der Waals surface area contributed by atoms with Gasteiger partial charge >= 0.3 is 0 Å². The largest absolute Gasteiger partial charge is 0.369 e. The zero-order valence-electron chi connectivity index (χ0n) is 14.7. The van der Waals surface area contributed by atoms with Crippen molar-refractivity contribution >= 4 is 17.1 Å². The maximum Gasteiger partial charge on any atom is 0.149 e. The molecule has 0 amide bonds. The van der Waals surface area contributed by atoms with Gasteiger partial charge in [-0.2, -0.15) is 10.2 Å². The third-order valence-corrected chi connectivity index (χ3v) is 5.09. The van der Waals surface area contributed by atoms with E-state index >= 15 is 0 Å². The summed E-state index contributed by atoms with van der Waals surface area (Å²) in [5, 5.41) is 12.5. The first kappa shape index (κ1) is 16.1. The van der Waals surface area contributed by atoms with Crippen molar-refractivity contribution in [2.45, 2.75) is 19.0 Å². The van der Waals surface area contributed by atoms with E-state index in [1.165, 1.54) is 5.69 Å². The molecule has 4 rings (SSSR count). The summed E-state index contributed by atoms with van der Waals surface area (Å²) in [6.45, 7) is 7.52. The molecule has 0 radical (unpaired) electrons. The van der Waals surface area contributed by atoms with Crippen molar-refractivity contribution in [2.24, 2.45) is 10.2 Å². The minimum atomic E-state index is -0.315. The van der Waals surface area contributed by atoms with Crippen molar-refractivity contribution < 1.29 is 0 Å². The molecule has 2 aliphatic rings. The summed E-state index contributed by atoms with van der Waals surface area (Å²) >= 11 is 0. The van der Waals surface area contributed by atoms with Gasteiger partial charge in [0.25, 0.3) is 0 Å². The van der Waals surface area contributed by atoms with Gasteiger partial charge in [-0.15, -0.1) is 0 Å². The summed E-state index contributed by atoms with van der Waals surface area (Å²) in [6.07, 6.45) is 0.955. The number of para-hydroxylation sites is 2. The SMILES string of the molecule is CC1(CCN2CCN(c3ccccc3)CC2)N=Nc2ccccc2N1. The van der Waals surface area contributed by atoms with Gasteiger partial charge in [0, 0.05) is 44.8 Å². The Bertz CT molecular complexity index is 737. The minimum absolute atomic E-state index is 0.315. The predicted molar refractivity (Wildman–Crippen MR) is 103 cm³/mol. The Labute approximate surface area is 149 Å². The van der Waals surface area contributed by atoms with Crippen molar-refractivity contribution in [1.82, 2.24) is 4.90 Å². The molecule has 0 bridgehead atoms. The number of rotatable bonds is 4. The molecule has 1 N–H and O–H groups in total. The molecule has 2 aromatic carbocycles. The molecule has 5 nitrogen and oxygen atoms in total. The lowest BCUT2D eigenvalue weighted by molar-refractivity contribution is 0.236. The lowest BCUT2D eigenvalue weighted by Gasteiger charge is -2.38. The van der Waals surface area contributed by atoms with Crippen LogP contribution in [-0.2, 0) is 0 Å². The Kier molecular flexibility index (Phi) is 4.40. The molecule has 1 unspecified atom stereocenters. The molecule has 1 fully saturated rings. The summed E-state index contributed by atoms with van der Waals surface area (Å²) in [5.74, 6) is 0. The summed E-state index contributed by atoms with van der Waals surface area (Å²) in [6, 6.07) is 18.8. The number of benzene rings is 2. The fourth-order valence-corrected chi connectivity index (χ4v) is 3.50. The quantitative estimate of drug-likeness (QED) is 0.914. The van der Waals surface area contributed by atoms with Crippen molar-refractivity contribution in [3.8, 4) is 0 Å². The highest BCUT2D eigenvalue weighted by atomic mass is 15.3. The van der Waals surface area contributed by atoms with Crippen molar-refractivity contribution in [1.29, 1.82) is 0 Å². The summed E-state index contributed by atoms with van der Waals surface area (Å²) in [7, 11) is 0. The third-order valence-electron chi connectivity index (χ3n) is 5.09. The Balaban J connectivity index is 1.30. The fraction of sp³-hybridized carbons (Fsp3) is 0.400. The second-order valence-corrected chi connectivity index (χ2v) is 7.03. The zero-order chi connectivity index (χ0) is 17.1. The van der Waals surface area contributed by atoms with Gasteiger partial charge in [0.15, 0.2) is 0 Å². The number of nitrogens with zero attached hydrogens (tertiary/aromatic N) is 4. The van der Waals surface area contributed by atoms with Crippen LogP contribution in [0.5, 0.6) is 0 Å². The number of piperazine rings is 1. The van der Waals surface area contributed by atoms with Crippen LogP contribution in [-0.4, -0.2) is 43.3 Å². The van der Waals surface area contributed by atoms with E-state index in [1.54, 1.807) is 0 Å². The molecule has 0 spiro atoms. The Morgan fingerprint density at radius 1 is 0.960 bits per heavy atom. The van der Waals surface area contributed by atoms with Gasteiger partial charge in [-0.25, -0.2) is 0 Å². The van der Waals surface area contributed by atoms with E-state index in [2.05, 4.69) is 68.7 Å². The summed E-state index contributed by atoms with van der Waals surface area (Å²) in [5.41, 5.74) is 3.02. The van der Waals surface area contributed by atoms with E-state index in [1.807, 2.05) is 18.2 Å². The average Bonchev–Trinajstić information content (AvgIpc) is 2.67. The van der Waals surface area contributed by atoms with Crippen LogP contribution in [0.25, 0.3) is 0 Å². The van der Waals surface area contributed by atoms with Crippen LogP contribution in [0.15, 0.2) is 64.8 Å². The van der Waals surface area contributed by atoms with E-state index in [-0.39, 0.29) is 5.66 Å². The predicted octanol–water partition coefficient (Wildman–Crippen LogP) is 4.12. The highest BCUT2D eigenvalue weighted by Gasteiger charge is 2.29. The number of nitrogens with one attached hydrogen (secondary N) is 1. The number of fused-ring (bicyclic) bond motifs is 1. The highest BCUT2D eigenvalue weighted by molar-refractivity contribution is 5.66. The Morgan fingerprint density at radius 3 is 2.48 bits per heavy atom. The number of anilines is 2. The lowest BCUT2D eigenvalue weighted by atomic mass is 10.1. The molecule has 2 aromatic rings. The van der Waals surface area contributed by atoms with Gasteiger partial charge in [-0.3, -0.25) is 4.90 Å². The van der Waals surface area contributed by atoms with Crippen molar-refractivity contribution in [3.05, 3.63) is 54.6 Å². The monoisotopic (exact) mass is 335 g/mol. The van der Waals surface area contributed by atoms with Gasteiger partial charge in [0.05, 0.1) is 5.69 Å². The standard InChI is InChI=1S/C20H25N5/c1-20(21-18-9-5-6-10-19(18)22-23-20)11-12-24-13-15-25(16-14-24)17-7-3-2-4-8-17/h2-10,21H,11-16H2,1H3. The fourth-order valence-electron chi connectivity index (χ4n) is 3.50. The molecular formula is C20H25N5. The third kappa shape index (κ3) is 3.66. The summed E-state index contributed by atoms with van der Waals surface area (Å²) < 4.78 is 0. The van der Waals surface area contributed by atoms with Crippen LogP contribution in [0.4, 0.5) is 17.1 Å². The van der Waals surface area contributed by atoms with Crippen LogP contribution in [0.3, 0.4) is 0 Å². The first-order valence-corrected chi connectivity index (χ1v) is 9.04. The van der Waals surface area contributed by atoms with E-state index in [4.69, 9.17) is 0 Å². The van der Waals surface area contributed by atoms with Crippen LogP contribution in [0.1, 0.15) is 13.3 Å². The van der Waals surface area contributed by atoms with Gasteiger partial charge in [0.2, 0.25) is 0 Å². The van der Waals surface area contributed by atoms with Crippen molar-refractivity contribution in [2.75, 3.05) is 42.9 Å². The lowest BCUT2D eigenvalue weighted by Crippen LogP contribution is -2.48. The first-order chi connectivity index (χ1) is 12.2. The van der Waals surface area contributed by atoms with E-state index in [0.29, 0.717) is 0 Å². The number of hydrogen-bond acceptors (Lipinski definition) is 5. The number of azo groups is 1. The minimum Gasteiger partial charge on any atom is -0.369 e. The van der Waals surface area contributed by atoms with E-state index in [0.717, 1.165) is 50.5 Å². The second-order valence-electron chi connectivity index (χ2n) is 7.03. The van der Waals surface area contributed by atoms with Gasteiger partial charge < -0.3 is 10.2 Å². The topological polar surface area (TPSA) is 43.2 Å². The first-order valence-electron chi connectivity index (χ1n) is 9.04. The number of hydrogen-bond donors (Lipinski definition) is 1. The molecule has 0 saturated carbocycles. The van der Waals surface area contributed by atoms with Crippen LogP contribution in [0.2, 0.25) is 0 Å². The zero-order valence-corrected chi connectivity index (χ0v) is 14.7. The van der Waals surface area contributed by atoms with E-state index < -0.39 is 0 Å². The molecule has 25 heavy (non-hydrogen) atoms. The molecule has 0 aliphatic carbocycles. The normalized spacial score (nSPS) is 23.2. The molecule has 1 saturated heterocycles. The molecule has 130 valence electrons. The molecule has 2 aliphatic heterocycles.